The Morgan fingerprint density at radius 3 is 2.61 bits per heavy atom. The minimum Gasteiger partial charge on any atom is -0.465 e. The Hall–Kier alpha value is -2.37. The highest BCUT2D eigenvalue weighted by atomic mass is 16.6. The molecule has 96 valence electrons. The van der Waals surface area contributed by atoms with Crippen LogP contribution in [0.15, 0.2) is 24.4 Å². The first-order valence-electron chi connectivity index (χ1n) is 5.17. The van der Waals surface area contributed by atoms with E-state index in [2.05, 4.69) is 4.74 Å². The van der Waals surface area contributed by atoms with Gasteiger partial charge < -0.3 is 9.64 Å². The van der Waals surface area contributed by atoms with Crippen LogP contribution >= 0.6 is 0 Å². The third-order valence-corrected chi connectivity index (χ3v) is 2.20. The first kappa shape index (κ1) is 13.7. The molecule has 0 saturated carbocycles. The largest absolute Gasteiger partial charge is 0.465 e. The van der Waals surface area contributed by atoms with Crippen LogP contribution in [-0.4, -0.2) is 37.0 Å². The van der Waals surface area contributed by atoms with Gasteiger partial charge in [-0.1, -0.05) is 0 Å². The van der Waals surface area contributed by atoms with Crippen LogP contribution in [0, 0.1) is 10.1 Å². The summed E-state index contributed by atoms with van der Waals surface area (Å²) in [5, 5.41) is 10.9. The number of hydrogen-bond acceptors (Lipinski definition) is 5. The van der Waals surface area contributed by atoms with Crippen LogP contribution in [0.2, 0.25) is 0 Å². The second kappa shape index (κ2) is 5.81. The fourth-order valence-corrected chi connectivity index (χ4v) is 1.33. The summed E-state index contributed by atoms with van der Waals surface area (Å²) in [6.45, 7) is 0. The summed E-state index contributed by atoms with van der Waals surface area (Å²) in [5.74, 6) is -0.524. The van der Waals surface area contributed by atoms with Gasteiger partial charge in [0.2, 0.25) is 0 Å². The molecule has 6 nitrogen and oxygen atoms in total. The van der Waals surface area contributed by atoms with E-state index in [4.69, 9.17) is 0 Å². The van der Waals surface area contributed by atoms with Gasteiger partial charge in [-0.25, -0.2) is 4.79 Å². The number of hydrogen-bond donors (Lipinski definition) is 0. The van der Waals surface area contributed by atoms with Crippen molar-refractivity contribution in [2.24, 2.45) is 0 Å². The maximum absolute atomic E-state index is 11.4. The zero-order chi connectivity index (χ0) is 13.7. The van der Waals surface area contributed by atoms with Gasteiger partial charge in [-0.2, -0.15) is 0 Å². The first-order valence-corrected chi connectivity index (χ1v) is 5.17. The van der Waals surface area contributed by atoms with Gasteiger partial charge in [0.15, 0.2) is 0 Å². The van der Waals surface area contributed by atoms with E-state index in [0.717, 1.165) is 0 Å². The summed E-state index contributed by atoms with van der Waals surface area (Å²) in [6, 6.07) is 4.10. The van der Waals surface area contributed by atoms with Crippen LogP contribution in [0.5, 0.6) is 0 Å². The average molecular weight is 250 g/mol. The van der Waals surface area contributed by atoms with E-state index in [1.165, 1.54) is 25.3 Å². The fraction of sp³-hybridized carbons (Fsp3) is 0.250. The number of benzene rings is 1. The Balaban J connectivity index is 3.24. The first-order chi connectivity index (χ1) is 8.45. The lowest BCUT2D eigenvalue weighted by Gasteiger charge is -2.05. The molecule has 0 atom stereocenters. The summed E-state index contributed by atoms with van der Waals surface area (Å²) in [4.78, 5) is 23.5. The zero-order valence-electron chi connectivity index (χ0n) is 10.4. The lowest BCUT2D eigenvalue weighted by atomic mass is 10.1. The van der Waals surface area contributed by atoms with Crippen LogP contribution in [0.4, 0.5) is 5.69 Å². The molecule has 0 aliphatic carbocycles. The van der Waals surface area contributed by atoms with E-state index >= 15 is 0 Å². The Bertz CT molecular complexity index is 495. The number of rotatable bonds is 4. The van der Waals surface area contributed by atoms with Crippen molar-refractivity contribution in [1.29, 1.82) is 0 Å². The maximum Gasteiger partial charge on any atom is 0.337 e. The van der Waals surface area contributed by atoms with Crippen molar-refractivity contribution in [3.63, 3.8) is 0 Å². The molecule has 0 aliphatic heterocycles. The second-order valence-corrected chi connectivity index (χ2v) is 3.80. The molecule has 0 aromatic heterocycles. The standard InChI is InChI=1S/C12H14N2O4/c1-13(2)7-6-9-8-10(12(15)18-3)4-5-11(9)14(16)17/h4-8H,1-3H3. The predicted molar refractivity (Wildman–Crippen MR) is 67.2 cm³/mol. The molecule has 0 saturated heterocycles. The number of nitrogens with zero attached hydrogens (tertiary/aromatic N) is 2. The SMILES string of the molecule is COC(=O)c1ccc([N+](=O)[O-])c(C=CN(C)C)c1. The minimum atomic E-state index is -0.524. The Morgan fingerprint density at radius 2 is 2.11 bits per heavy atom. The topological polar surface area (TPSA) is 72.7 Å². The molecule has 0 N–H and O–H groups in total. The summed E-state index contributed by atoms with van der Waals surface area (Å²) in [5.41, 5.74) is 0.582. The van der Waals surface area contributed by atoms with E-state index in [0.29, 0.717) is 5.56 Å². The molecule has 1 rings (SSSR count). The summed E-state index contributed by atoms with van der Waals surface area (Å²) < 4.78 is 4.57. The monoisotopic (exact) mass is 250 g/mol. The van der Waals surface area contributed by atoms with E-state index in [1.54, 1.807) is 31.3 Å². The Labute approximate surface area is 105 Å². The van der Waals surface area contributed by atoms with Gasteiger partial charge in [0.05, 0.1) is 23.2 Å². The summed E-state index contributed by atoms with van der Waals surface area (Å²) in [7, 11) is 4.86. The lowest BCUT2D eigenvalue weighted by Crippen LogP contribution is -2.03. The summed E-state index contributed by atoms with van der Waals surface area (Å²) >= 11 is 0. The number of ether oxygens (including phenoxy) is 1. The number of carbonyl (C=O) groups is 1. The molecular weight excluding hydrogens is 236 g/mol. The summed E-state index contributed by atoms with van der Waals surface area (Å²) in [6.07, 6.45) is 3.24. The number of esters is 1. The molecule has 0 heterocycles. The van der Waals surface area contributed by atoms with Gasteiger partial charge in [-0.15, -0.1) is 0 Å². The molecule has 0 aliphatic rings. The van der Waals surface area contributed by atoms with Crippen molar-refractivity contribution in [2.75, 3.05) is 21.2 Å². The number of carbonyl (C=O) groups excluding carboxylic acids is 1. The van der Waals surface area contributed by atoms with Crippen molar-refractivity contribution in [1.82, 2.24) is 4.90 Å². The van der Waals surface area contributed by atoms with Gasteiger partial charge in [0.25, 0.3) is 5.69 Å². The molecule has 1 aromatic carbocycles. The van der Waals surface area contributed by atoms with Crippen LogP contribution in [0.1, 0.15) is 15.9 Å². The van der Waals surface area contributed by atoms with Gasteiger partial charge in [-0.05, 0) is 24.4 Å². The van der Waals surface area contributed by atoms with Crippen molar-refractivity contribution in [3.8, 4) is 0 Å². The quantitative estimate of drug-likeness (QED) is 0.463. The van der Waals surface area contributed by atoms with E-state index in [1.807, 2.05) is 0 Å². The van der Waals surface area contributed by atoms with Gasteiger partial charge in [0.1, 0.15) is 0 Å². The third-order valence-electron chi connectivity index (χ3n) is 2.20. The molecule has 0 spiro atoms. The normalized spacial score (nSPS) is 10.4. The fourth-order valence-electron chi connectivity index (χ4n) is 1.33. The van der Waals surface area contributed by atoms with Crippen LogP contribution in [-0.2, 0) is 4.74 Å². The molecule has 0 amide bonds. The maximum atomic E-state index is 11.4. The average Bonchev–Trinajstić information content (AvgIpc) is 2.34. The molecule has 1 aromatic rings. The molecule has 0 radical (unpaired) electrons. The minimum absolute atomic E-state index is 0.0549. The number of nitro groups is 1. The molecule has 18 heavy (non-hydrogen) atoms. The van der Waals surface area contributed by atoms with Gasteiger partial charge >= 0.3 is 5.97 Å². The number of nitro benzene ring substituents is 1. The second-order valence-electron chi connectivity index (χ2n) is 3.80. The highest BCUT2D eigenvalue weighted by molar-refractivity contribution is 5.90. The molecule has 0 fully saturated rings. The zero-order valence-corrected chi connectivity index (χ0v) is 10.4. The van der Waals surface area contributed by atoms with Crippen LogP contribution < -0.4 is 0 Å². The van der Waals surface area contributed by atoms with Gasteiger partial charge in [0, 0.05) is 20.2 Å². The van der Waals surface area contributed by atoms with Crippen LogP contribution in [0.3, 0.4) is 0 Å². The number of methoxy groups -OCH3 is 1. The third kappa shape index (κ3) is 3.31. The molecule has 0 bridgehead atoms. The Kier molecular flexibility index (Phi) is 4.42. The Morgan fingerprint density at radius 1 is 1.44 bits per heavy atom. The highest BCUT2D eigenvalue weighted by Crippen LogP contribution is 2.22. The van der Waals surface area contributed by atoms with Crippen LogP contribution in [0.25, 0.3) is 6.08 Å². The highest BCUT2D eigenvalue weighted by Gasteiger charge is 2.15. The van der Waals surface area contributed by atoms with Crippen molar-refractivity contribution < 1.29 is 14.5 Å². The molecule has 0 unspecified atom stereocenters. The van der Waals surface area contributed by atoms with Gasteiger partial charge in [-0.3, -0.25) is 10.1 Å². The smallest absolute Gasteiger partial charge is 0.337 e. The van der Waals surface area contributed by atoms with Crippen molar-refractivity contribution in [2.45, 2.75) is 0 Å². The van der Waals surface area contributed by atoms with Crippen molar-refractivity contribution in [3.05, 3.63) is 45.6 Å². The predicted octanol–water partition coefficient (Wildman–Crippen LogP) is 1.91. The van der Waals surface area contributed by atoms with E-state index < -0.39 is 10.9 Å². The molecule has 6 heteroatoms. The molecular formula is C12H14N2O4. The lowest BCUT2D eigenvalue weighted by molar-refractivity contribution is -0.385. The van der Waals surface area contributed by atoms with E-state index in [9.17, 15) is 14.9 Å². The van der Waals surface area contributed by atoms with E-state index in [-0.39, 0.29) is 11.3 Å². The van der Waals surface area contributed by atoms with Crippen molar-refractivity contribution >= 4 is 17.7 Å².